The fourth-order valence-corrected chi connectivity index (χ4v) is 2.98. The summed E-state index contributed by atoms with van der Waals surface area (Å²) < 4.78 is 0. The highest BCUT2D eigenvalue weighted by Crippen LogP contribution is 2.32. The molecule has 1 fully saturated rings. The largest absolute Gasteiger partial charge is 0.372 e. The minimum atomic E-state index is -0.602. The van der Waals surface area contributed by atoms with E-state index < -0.39 is 6.23 Å². The number of rotatable bonds is 3. The monoisotopic (exact) mass is 217 g/mol. The normalized spacial score (nSPS) is 28.2. The molecule has 1 saturated heterocycles. The van der Waals surface area contributed by atoms with E-state index >= 15 is 0 Å². The molecule has 1 N–H and O–H groups in total. The molecule has 0 saturated carbocycles. The maximum Gasteiger partial charge on any atom is 0.226 e. The highest BCUT2D eigenvalue weighted by atomic mass is 32.2. The number of aliphatic hydroxyl groups is 1. The van der Waals surface area contributed by atoms with Crippen LogP contribution in [0.3, 0.4) is 0 Å². The summed E-state index contributed by atoms with van der Waals surface area (Å²) in [5.74, 6) is 0.0747. The Bertz CT molecular complexity index is 218. The number of carbonyl (C=O) groups excluding carboxylic acids is 1. The van der Waals surface area contributed by atoms with Crippen LogP contribution >= 0.6 is 11.8 Å². The van der Waals surface area contributed by atoms with Gasteiger partial charge in [-0.05, 0) is 19.1 Å². The Hall–Kier alpha value is -0.220. The van der Waals surface area contributed by atoms with Crippen molar-refractivity contribution < 1.29 is 9.90 Å². The maximum atomic E-state index is 11.6. The van der Waals surface area contributed by atoms with Gasteiger partial charge < -0.3 is 10.0 Å². The van der Waals surface area contributed by atoms with Gasteiger partial charge in [0.25, 0.3) is 0 Å². The lowest BCUT2D eigenvalue weighted by molar-refractivity contribution is -0.135. The molecule has 4 heteroatoms. The second-order valence-corrected chi connectivity index (χ2v) is 6.06. The second-order valence-electron chi connectivity index (χ2n) is 4.24. The lowest BCUT2D eigenvalue weighted by Gasteiger charge is -2.27. The average molecular weight is 217 g/mol. The molecule has 1 rings (SSSR count). The quantitative estimate of drug-likeness (QED) is 0.778. The summed E-state index contributed by atoms with van der Waals surface area (Å²) in [7, 11) is 0. The van der Waals surface area contributed by atoms with Crippen molar-refractivity contribution in [3.05, 3.63) is 0 Å². The van der Waals surface area contributed by atoms with Crippen molar-refractivity contribution >= 4 is 17.7 Å². The van der Waals surface area contributed by atoms with E-state index in [4.69, 9.17) is 0 Å². The number of carbonyl (C=O) groups is 1. The summed E-state index contributed by atoms with van der Waals surface area (Å²) in [6.45, 7) is 8.03. The highest BCUT2D eigenvalue weighted by Gasteiger charge is 2.40. The van der Waals surface area contributed by atoms with Gasteiger partial charge in [-0.15, -0.1) is 0 Å². The van der Waals surface area contributed by atoms with Crippen molar-refractivity contribution in [2.45, 2.75) is 56.9 Å². The third kappa shape index (κ3) is 2.42. The zero-order chi connectivity index (χ0) is 10.9. The average Bonchev–Trinajstić information content (AvgIpc) is 2.25. The zero-order valence-corrected chi connectivity index (χ0v) is 10.0. The molecular formula is C10H19NO2S. The van der Waals surface area contributed by atoms with E-state index in [-0.39, 0.29) is 17.2 Å². The first-order chi connectivity index (χ1) is 6.43. The number of aliphatic hydroxyl groups excluding tert-OH is 1. The summed E-state index contributed by atoms with van der Waals surface area (Å²) in [4.78, 5) is 13.2. The summed E-state index contributed by atoms with van der Waals surface area (Å²) >= 11 is 1.68. The van der Waals surface area contributed by atoms with Crippen LogP contribution in [0.4, 0.5) is 0 Å². The van der Waals surface area contributed by atoms with Gasteiger partial charge in [0.15, 0.2) is 0 Å². The fraction of sp³-hybridized carbons (Fsp3) is 0.900. The van der Waals surface area contributed by atoms with Crippen LogP contribution in [-0.2, 0) is 4.79 Å². The molecule has 1 aliphatic rings. The molecule has 3 nitrogen and oxygen atoms in total. The van der Waals surface area contributed by atoms with Crippen LogP contribution in [0.1, 0.15) is 34.1 Å². The van der Waals surface area contributed by atoms with Gasteiger partial charge in [-0.2, -0.15) is 11.8 Å². The molecular weight excluding hydrogens is 198 g/mol. The fourth-order valence-electron chi connectivity index (χ4n) is 1.77. The number of thioether (sulfide) groups is 1. The van der Waals surface area contributed by atoms with E-state index in [2.05, 4.69) is 13.8 Å². The van der Waals surface area contributed by atoms with Crippen LogP contribution in [-0.4, -0.2) is 38.7 Å². The molecule has 0 aromatic carbocycles. The Kier molecular flexibility index (Phi) is 3.84. The Balaban J connectivity index is 2.64. The molecule has 0 radical (unpaired) electrons. The Labute approximate surface area is 89.9 Å². The predicted molar refractivity (Wildman–Crippen MR) is 59.1 cm³/mol. The Morgan fingerprint density at radius 3 is 2.36 bits per heavy atom. The highest BCUT2D eigenvalue weighted by molar-refractivity contribution is 8.00. The van der Waals surface area contributed by atoms with Gasteiger partial charge in [-0.3, -0.25) is 4.79 Å². The van der Waals surface area contributed by atoms with Crippen LogP contribution in [0.5, 0.6) is 0 Å². The van der Waals surface area contributed by atoms with E-state index in [0.717, 1.165) is 0 Å². The van der Waals surface area contributed by atoms with Crippen molar-refractivity contribution in [3.8, 4) is 0 Å². The molecule has 82 valence electrons. The number of nitrogens with zero attached hydrogens (tertiary/aromatic N) is 1. The minimum absolute atomic E-state index is 0.0462. The molecule has 0 aliphatic carbocycles. The number of likely N-dealkylation sites (tertiary alicyclic amines) is 1. The molecule has 0 bridgehead atoms. The summed E-state index contributed by atoms with van der Waals surface area (Å²) in [5, 5.41) is 10.4. The van der Waals surface area contributed by atoms with Crippen molar-refractivity contribution in [1.82, 2.24) is 4.90 Å². The van der Waals surface area contributed by atoms with Gasteiger partial charge in [0.1, 0.15) is 6.23 Å². The zero-order valence-electron chi connectivity index (χ0n) is 9.23. The lowest BCUT2D eigenvalue weighted by atomic mass is 10.3. The third-order valence-electron chi connectivity index (χ3n) is 2.28. The van der Waals surface area contributed by atoms with E-state index in [1.165, 1.54) is 0 Å². The number of hydrogen-bond donors (Lipinski definition) is 1. The molecule has 1 heterocycles. The van der Waals surface area contributed by atoms with Crippen LogP contribution in [0, 0.1) is 0 Å². The molecule has 1 aliphatic heterocycles. The van der Waals surface area contributed by atoms with Crippen LogP contribution in [0.2, 0.25) is 0 Å². The van der Waals surface area contributed by atoms with Gasteiger partial charge in [-0.1, -0.05) is 13.8 Å². The lowest BCUT2D eigenvalue weighted by Crippen LogP contribution is -2.41. The SMILES string of the molecule is CC(C)SC1CC(=O)N(C(C)C)C1O. The van der Waals surface area contributed by atoms with Gasteiger partial charge in [0.05, 0.1) is 5.25 Å². The van der Waals surface area contributed by atoms with Crippen LogP contribution in [0.25, 0.3) is 0 Å². The topological polar surface area (TPSA) is 40.5 Å². The molecule has 2 atom stereocenters. The first-order valence-corrected chi connectivity index (χ1v) is 6.02. The van der Waals surface area contributed by atoms with Gasteiger partial charge in [-0.25, -0.2) is 0 Å². The number of hydrogen-bond acceptors (Lipinski definition) is 3. The molecule has 1 amide bonds. The van der Waals surface area contributed by atoms with E-state index in [1.54, 1.807) is 16.7 Å². The standard InChI is InChI=1S/C10H19NO2S/c1-6(2)11-9(12)5-8(10(11)13)14-7(3)4/h6-8,10,13H,5H2,1-4H3. The summed E-state index contributed by atoms with van der Waals surface area (Å²) in [5.41, 5.74) is 0. The van der Waals surface area contributed by atoms with Crippen molar-refractivity contribution in [2.24, 2.45) is 0 Å². The third-order valence-corrected chi connectivity index (χ3v) is 3.59. The maximum absolute atomic E-state index is 11.6. The first-order valence-electron chi connectivity index (χ1n) is 5.08. The molecule has 2 unspecified atom stereocenters. The Morgan fingerprint density at radius 2 is 2.00 bits per heavy atom. The van der Waals surface area contributed by atoms with Gasteiger partial charge in [0, 0.05) is 12.5 Å². The molecule has 0 spiro atoms. The van der Waals surface area contributed by atoms with Gasteiger partial charge >= 0.3 is 0 Å². The molecule has 0 aromatic heterocycles. The van der Waals surface area contributed by atoms with E-state index in [9.17, 15) is 9.90 Å². The van der Waals surface area contributed by atoms with E-state index in [0.29, 0.717) is 11.7 Å². The smallest absolute Gasteiger partial charge is 0.226 e. The van der Waals surface area contributed by atoms with Crippen molar-refractivity contribution in [3.63, 3.8) is 0 Å². The van der Waals surface area contributed by atoms with Gasteiger partial charge in [0.2, 0.25) is 5.91 Å². The Morgan fingerprint density at radius 1 is 1.43 bits per heavy atom. The van der Waals surface area contributed by atoms with Crippen molar-refractivity contribution in [2.75, 3.05) is 0 Å². The summed E-state index contributed by atoms with van der Waals surface area (Å²) in [6.07, 6.45) is -0.128. The minimum Gasteiger partial charge on any atom is -0.372 e. The predicted octanol–water partition coefficient (Wildman–Crippen LogP) is 1.46. The first kappa shape index (κ1) is 11.9. The van der Waals surface area contributed by atoms with E-state index in [1.807, 2.05) is 13.8 Å². The second kappa shape index (κ2) is 4.53. The van der Waals surface area contributed by atoms with Crippen molar-refractivity contribution in [1.29, 1.82) is 0 Å². The number of amides is 1. The van der Waals surface area contributed by atoms with Crippen LogP contribution < -0.4 is 0 Å². The van der Waals surface area contributed by atoms with Crippen LogP contribution in [0.15, 0.2) is 0 Å². The molecule has 0 aromatic rings. The molecule has 14 heavy (non-hydrogen) atoms. The summed E-state index contributed by atoms with van der Waals surface area (Å²) in [6, 6.07) is 0.0928.